The van der Waals surface area contributed by atoms with Gasteiger partial charge in [-0.1, -0.05) is 12.1 Å². The van der Waals surface area contributed by atoms with Crippen LogP contribution in [0.4, 0.5) is 0 Å². The number of aryl methyl sites for hydroxylation is 3. The summed E-state index contributed by atoms with van der Waals surface area (Å²) in [4.78, 5) is 11.3. The number of rotatable bonds is 2. The summed E-state index contributed by atoms with van der Waals surface area (Å²) >= 11 is 1.80. The minimum atomic E-state index is 0.699. The maximum absolute atomic E-state index is 6.05. The zero-order valence-corrected chi connectivity index (χ0v) is 12.7. The molecule has 0 spiro atoms. The van der Waals surface area contributed by atoms with Gasteiger partial charge < -0.3 is 4.74 Å². The van der Waals surface area contributed by atoms with E-state index in [0.717, 1.165) is 22.4 Å². The zero-order chi connectivity index (χ0) is 14.2. The van der Waals surface area contributed by atoms with Crippen molar-refractivity contribution in [1.29, 1.82) is 0 Å². The summed E-state index contributed by atoms with van der Waals surface area (Å²) in [6.45, 7) is 2.06. The van der Waals surface area contributed by atoms with E-state index in [-0.39, 0.29) is 0 Å². The minimum absolute atomic E-state index is 0.699. The van der Waals surface area contributed by atoms with Gasteiger partial charge in [0.25, 0.3) is 0 Å². The molecule has 0 saturated heterocycles. The Morgan fingerprint density at radius 3 is 2.95 bits per heavy atom. The molecule has 4 rings (SSSR count). The van der Waals surface area contributed by atoms with Crippen molar-refractivity contribution in [2.75, 3.05) is 0 Å². The number of benzene rings is 1. The van der Waals surface area contributed by atoms with Crippen molar-refractivity contribution in [3.8, 4) is 11.6 Å². The molecule has 106 valence electrons. The maximum Gasteiger partial charge on any atom is 0.231 e. The number of thiophene rings is 1. The Bertz CT molecular complexity index is 810. The van der Waals surface area contributed by atoms with Crippen molar-refractivity contribution in [3.05, 3.63) is 46.6 Å². The van der Waals surface area contributed by atoms with Crippen LogP contribution < -0.4 is 4.74 Å². The molecule has 0 unspecified atom stereocenters. The molecular weight excluding hydrogens is 280 g/mol. The number of hydrogen-bond donors (Lipinski definition) is 0. The highest BCUT2D eigenvalue weighted by Crippen LogP contribution is 2.40. The zero-order valence-electron chi connectivity index (χ0n) is 11.9. The lowest BCUT2D eigenvalue weighted by Crippen LogP contribution is -1.99. The minimum Gasteiger partial charge on any atom is -0.438 e. The van der Waals surface area contributed by atoms with Gasteiger partial charge in [0, 0.05) is 4.88 Å². The van der Waals surface area contributed by atoms with Crippen LogP contribution in [-0.4, -0.2) is 9.97 Å². The molecular formula is C17H16N2OS. The van der Waals surface area contributed by atoms with Gasteiger partial charge in [-0.3, -0.25) is 0 Å². The van der Waals surface area contributed by atoms with E-state index in [9.17, 15) is 0 Å². The van der Waals surface area contributed by atoms with E-state index in [0.29, 0.717) is 5.88 Å². The lowest BCUT2D eigenvalue weighted by Gasteiger charge is -2.12. The van der Waals surface area contributed by atoms with Crippen LogP contribution in [-0.2, 0) is 12.8 Å². The van der Waals surface area contributed by atoms with Crippen LogP contribution in [0, 0.1) is 6.92 Å². The second-order valence-electron chi connectivity index (χ2n) is 5.49. The third-order valence-electron chi connectivity index (χ3n) is 3.92. The molecule has 2 aromatic heterocycles. The van der Waals surface area contributed by atoms with Crippen LogP contribution in [0.1, 0.15) is 28.8 Å². The third kappa shape index (κ3) is 2.29. The van der Waals surface area contributed by atoms with Crippen LogP contribution >= 0.6 is 11.3 Å². The Morgan fingerprint density at radius 2 is 2.05 bits per heavy atom. The van der Waals surface area contributed by atoms with Crippen molar-refractivity contribution in [3.63, 3.8) is 0 Å². The van der Waals surface area contributed by atoms with Gasteiger partial charge >= 0.3 is 0 Å². The normalized spacial score (nSPS) is 14.1. The lowest BCUT2D eigenvalue weighted by atomic mass is 9.97. The van der Waals surface area contributed by atoms with Crippen LogP contribution in [0.2, 0.25) is 0 Å². The van der Waals surface area contributed by atoms with E-state index < -0.39 is 0 Å². The molecule has 0 atom stereocenters. The first-order valence-corrected chi connectivity index (χ1v) is 8.13. The molecule has 1 aliphatic rings. The highest BCUT2D eigenvalue weighted by molar-refractivity contribution is 7.18. The predicted octanol–water partition coefficient (Wildman–Crippen LogP) is 4.67. The first-order valence-electron chi connectivity index (χ1n) is 7.31. The average Bonchev–Trinajstić information content (AvgIpc) is 2.87. The quantitative estimate of drug-likeness (QED) is 0.689. The van der Waals surface area contributed by atoms with Gasteiger partial charge in [0.2, 0.25) is 5.88 Å². The highest BCUT2D eigenvalue weighted by Gasteiger charge is 2.20. The number of fused-ring (bicyclic) bond motifs is 3. The van der Waals surface area contributed by atoms with Gasteiger partial charge in [0.1, 0.15) is 16.9 Å². The van der Waals surface area contributed by atoms with Crippen molar-refractivity contribution >= 4 is 21.6 Å². The van der Waals surface area contributed by atoms with Gasteiger partial charge in [-0.25, -0.2) is 9.97 Å². The standard InChI is InChI=1S/C17H16N2OS/c1-11-5-4-6-12(9-11)20-16-15-13-7-2-3-8-14(13)21-17(15)19-10-18-16/h4-6,9-10H,2-3,7-8H2,1H3. The second kappa shape index (κ2) is 5.11. The van der Waals surface area contributed by atoms with Crippen LogP contribution in [0.5, 0.6) is 11.6 Å². The largest absolute Gasteiger partial charge is 0.438 e. The smallest absolute Gasteiger partial charge is 0.231 e. The average molecular weight is 296 g/mol. The van der Waals surface area contributed by atoms with E-state index in [1.54, 1.807) is 17.7 Å². The predicted molar refractivity (Wildman–Crippen MR) is 85.3 cm³/mol. The Balaban J connectivity index is 1.83. The van der Waals surface area contributed by atoms with Gasteiger partial charge in [-0.2, -0.15) is 0 Å². The third-order valence-corrected chi connectivity index (χ3v) is 5.12. The van der Waals surface area contributed by atoms with E-state index in [1.165, 1.54) is 35.3 Å². The Hall–Kier alpha value is -1.94. The molecule has 3 aromatic rings. The van der Waals surface area contributed by atoms with E-state index >= 15 is 0 Å². The van der Waals surface area contributed by atoms with Crippen molar-refractivity contribution in [2.45, 2.75) is 32.6 Å². The fourth-order valence-electron chi connectivity index (χ4n) is 2.93. The number of aromatic nitrogens is 2. The summed E-state index contributed by atoms with van der Waals surface area (Å²) < 4.78 is 6.05. The summed E-state index contributed by atoms with van der Waals surface area (Å²) in [6.07, 6.45) is 6.42. The van der Waals surface area contributed by atoms with E-state index in [1.807, 2.05) is 18.2 Å². The molecule has 3 nitrogen and oxygen atoms in total. The molecule has 0 N–H and O–H groups in total. The van der Waals surface area contributed by atoms with E-state index in [2.05, 4.69) is 23.0 Å². The molecule has 2 heterocycles. The van der Waals surface area contributed by atoms with E-state index in [4.69, 9.17) is 4.74 Å². The molecule has 0 aliphatic heterocycles. The fourth-order valence-corrected chi connectivity index (χ4v) is 4.15. The Kier molecular flexibility index (Phi) is 3.11. The lowest BCUT2D eigenvalue weighted by molar-refractivity contribution is 0.467. The molecule has 0 radical (unpaired) electrons. The van der Waals surface area contributed by atoms with Crippen molar-refractivity contribution in [2.24, 2.45) is 0 Å². The molecule has 1 aliphatic carbocycles. The van der Waals surface area contributed by atoms with Gasteiger partial charge in [0.05, 0.1) is 5.39 Å². The first kappa shape index (κ1) is 12.8. The van der Waals surface area contributed by atoms with Gasteiger partial charge in [-0.15, -0.1) is 11.3 Å². The summed E-state index contributed by atoms with van der Waals surface area (Å²) in [5.41, 5.74) is 2.59. The monoisotopic (exact) mass is 296 g/mol. The molecule has 4 heteroatoms. The number of ether oxygens (including phenoxy) is 1. The molecule has 21 heavy (non-hydrogen) atoms. The summed E-state index contributed by atoms with van der Waals surface area (Å²) in [6, 6.07) is 8.08. The molecule has 0 saturated carbocycles. The Morgan fingerprint density at radius 1 is 1.14 bits per heavy atom. The molecule has 0 amide bonds. The fraction of sp³-hybridized carbons (Fsp3) is 0.294. The maximum atomic E-state index is 6.05. The molecule has 0 bridgehead atoms. The van der Waals surface area contributed by atoms with Gasteiger partial charge in [-0.05, 0) is 55.9 Å². The second-order valence-corrected chi connectivity index (χ2v) is 6.57. The Labute approximate surface area is 127 Å². The van der Waals surface area contributed by atoms with Crippen LogP contribution in [0.15, 0.2) is 30.6 Å². The topological polar surface area (TPSA) is 35.0 Å². The van der Waals surface area contributed by atoms with Gasteiger partial charge in [0.15, 0.2) is 0 Å². The highest BCUT2D eigenvalue weighted by atomic mass is 32.1. The molecule has 0 fully saturated rings. The van der Waals surface area contributed by atoms with Crippen LogP contribution in [0.3, 0.4) is 0 Å². The molecule has 1 aromatic carbocycles. The summed E-state index contributed by atoms with van der Waals surface area (Å²) in [5, 5.41) is 1.12. The van der Waals surface area contributed by atoms with Crippen LogP contribution in [0.25, 0.3) is 10.2 Å². The number of nitrogens with zero attached hydrogens (tertiary/aromatic N) is 2. The SMILES string of the molecule is Cc1cccc(Oc2ncnc3sc4c(c23)CCCC4)c1. The number of hydrogen-bond acceptors (Lipinski definition) is 4. The first-order chi connectivity index (χ1) is 10.3. The summed E-state index contributed by atoms with van der Waals surface area (Å²) in [7, 11) is 0. The van der Waals surface area contributed by atoms with Crippen molar-refractivity contribution in [1.82, 2.24) is 9.97 Å². The van der Waals surface area contributed by atoms with Crippen molar-refractivity contribution < 1.29 is 4.74 Å². The summed E-state index contributed by atoms with van der Waals surface area (Å²) in [5.74, 6) is 1.54.